The molecule has 1 unspecified atom stereocenters. The second-order valence-corrected chi connectivity index (χ2v) is 5.55. The molecule has 0 aliphatic carbocycles. The molecule has 1 N–H and O–H groups in total. The largest absolute Gasteiger partial charge is 0.349 e. The van der Waals surface area contributed by atoms with E-state index in [1.54, 1.807) is 0 Å². The topological polar surface area (TPSA) is 28.7 Å². The summed E-state index contributed by atoms with van der Waals surface area (Å²) < 4.78 is 0. The number of imidazole rings is 1. The predicted octanol–water partition coefficient (Wildman–Crippen LogP) is 3.80. The summed E-state index contributed by atoms with van der Waals surface area (Å²) in [4.78, 5) is 7.37. The maximum atomic E-state index is 4.23. The lowest BCUT2D eigenvalue weighted by molar-refractivity contribution is 0.241. The zero-order chi connectivity index (χ0) is 11.3. The Balaban J connectivity index is 2.12. The van der Waals surface area contributed by atoms with Gasteiger partial charge in [0.05, 0.1) is 0 Å². The van der Waals surface area contributed by atoms with Crippen LogP contribution in [0.3, 0.4) is 0 Å². The van der Waals surface area contributed by atoms with Gasteiger partial charge in [0.25, 0.3) is 0 Å². The molecule has 1 aromatic rings. The lowest BCUT2D eigenvalue weighted by Gasteiger charge is -2.27. The molecule has 2 heteroatoms. The number of hydrogen-bond acceptors (Lipinski definition) is 1. The second-order valence-electron chi connectivity index (χ2n) is 5.55. The number of aryl methyl sites for hydroxylation is 1. The van der Waals surface area contributed by atoms with Crippen LogP contribution >= 0.6 is 0 Å². The highest BCUT2D eigenvalue weighted by Crippen LogP contribution is 2.29. The van der Waals surface area contributed by atoms with Crippen LogP contribution in [0.15, 0.2) is 12.4 Å². The van der Waals surface area contributed by atoms with Gasteiger partial charge in [-0.15, -0.1) is 0 Å². The Morgan fingerprint density at radius 1 is 1.33 bits per heavy atom. The zero-order valence-electron chi connectivity index (χ0n) is 10.5. The van der Waals surface area contributed by atoms with Crippen LogP contribution in [0.2, 0.25) is 0 Å². The molecule has 86 valence electrons. The Bertz CT molecular complexity index is 257. The fourth-order valence-corrected chi connectivity index (χ4v) is 1.61. The van der Waals surface area contributed by atoms with Crippen LogP contribution in [-0.4, -0.2) is 9.97 Å². The van der Waals surface area contributed by atoms with Crippen LogP contribution in [0.1, 0.15) is 52.8 Å². The van der Waals surface area contributed by atoms with Crippen molar-refractivity contribution in [3.63, 3.8) is 0 Å². The highest BCUT2D eigenvalue weighted by molar-refractivity contribution is 4.86. The Kier molecular flexibility index (Phi) is 4.37. The first-order valence-electron chi connectivity index (χ1n) is 5.98. The Labute approximate surface area is 93.5 Å². The summed E-state index contributed by atoms with van der Waals surface area (Å²) in [5, 5.41) is 0. The molecule has 1 rings (SSSR count). The summed E-state index contributed by atoms with van der Waals surface area (Å²) in [5.41, 5.74) is 0.449. The lowest BCUT2D eigenvalue weighted by Crippen LogP contribution is -2.17. The molecule has 0 saturated heterocycles. The van der Waals surface area contributed by atoms with Gasteiger partial charge in [0.2, 0.25) is 0 Å². The molecule has 0 aliphatic heterocycles. The molecule has 0 aromatic carbocycles. The number of nitrogens with one attached hydrogen (secondary N) is 1. The predicted molar refractivity (Wildman–Crippen MR) is 64.8 cm³/mol. The van der Waals surface area contributed by atoms with Crippen molar-refractivity contribution < 1.29 is 0 Å². The van der Waals surface area contributed by atoms with Gasteiger partial charge in [-0.3, -0.25) is 0 Å². The van der Waals surface area contributed by atoms with Crippen LogP contribution < -0.4 is 0 Å². The van der Waals surface area contributed by atoms with Gasteiger partial charge in [-0.05, 0) is 17.8 Å². The Morgan fingerprint density at radius 2 is 2.07 bits per heavy atom. The summed E-state index contributed by atoms with van der Waals surface area (Å²) in [5.74, 6) is 1.92. The molecule has 1 aromatic heterocycles. The maximum Gasteiger partial charge on any atom is 0.105 e. The molecule has 1 atom stereocenters. The van der Waals surface area contributed by atoms with Crippen molar-refractivity contribution in [2.45, 2.75) is 53.4 Å². The number of nitrogens with zero attached hydrogens (tertiary/aromatic N) is 1. The third kappa shape index (κ3) is 4.50. The van der Waals surface area contributed by atoms with E-state index in [9.17, 15) is 0 Å². The molecule has 0 radical (unpaired) electrons. The molecule has 0 aliphatic rings. The van der Waals surface area contributed by atoms with E-state index in [1.165, 1.54) is 19.3 Å². The molecular weight excluding hydrogens is 184 g/mol. The van der Waals surface area contributed by atoms with Crippen molar-refractivity contribution in [2.75, 3.05) is 0 Å². The van der Waals surface area contributed by atoms with Gasteiger partial charge in [0.15, 0.2) is 0 Å². The molecule has 1 heterocycles. The van der Waals surface area contributed by atoms with Crippen LogP contribution in [0.5, 0.6) is 0 Å². The second kappa shape index (κ2) is 5.34. The molecule has 15 heavy (non-hydrogen) atoms. The number of unbranched alkanes of at least 4 members (excludes halogenated alkanes) is 1. The molecule has 0 fully saturated rings. The SMILES string of the molecule is CC(CCCCc1ncc[nH]1)C(C)(C)C. The van der Waals surface area contributed by atoms with Gasteiger partial charge in [0.1, 0.15) is 5.82 Å². The van der Waals surface area contributed by atoms with Crippen molar-refractivity contribution in [1.29, 1.82) is 0 Å². The number of H-pyrrole nitrogens is 1. The molecular formula is C13H24N2. The van der Waals surface area contributed by atoms with E-state index in [-0.39, 0.29) is 0 Å². The number of hydrogen-bond donors (Lipinski definition) is 1. The number of aromatic amines is 1. The Morgan fingerprint density at radius 3 is 2.60 bits per heavy atom. The summed E-state index contributed by atoms with van der Waals surface area (Å²) in [6.45, 7) is 9.32. The van der Waals surface area contributed by atoms with Gasteiger partial charge in [-0.2, -0.15) is 0 Å². The van der Waals surface area contributed by atoms with E-state index in [1.807, 2.05) is 12.4 Å². The molecule has 0 bridgehead atoms. The van der Waals surface area contributed by atoms with Crippen LogP contribution in [0.25, 0.3) is 0 Å². The van der Waals surface area contributed by atoms with Crippen LogP contribution in [0, 0.1) is 11.3 Å². The normalized spacial score (nSPS) is 14.1. The summed E-state index contributed by atoms with van der Waals surface area (Å²) >= 11 is 0. The first-order chi connectivity index (χ1) is 7.00. The average molecular weight is 208 g/mol. The van der Waals surface area contributed by atoms with Crippen molar-refractivity contribution in [3.8, 4) is 0 Å². The molecule has 0 amide bonds. The monoisotopic (exact) mass is 208 g/mol. The fraction of sp³-hybridized carbons (Fsp3) is 0.769. The van der Waals surface area contributed by atoms with Crippen molar-refractivity contribution in [1.82, 2.24) is 9.97 Å². The first-order valence-corrected chi connectivity index (χ1v) is 5.98. The van der Waals surface area contributed by atoms with Gasteiger partial charge in [-0.25, -0.2) is 4.98 Å². The van der Waals surface area contributed by atoms with E-state index >= 15 is 0 Å². The smallest absolute Gasteiger partial charge is 0.105 e. The number of aromatic nitrogens is 2. The molecule has 0 spiro atoms. The van der Waals surface area contributed by atoms with Gasteiger partial charge >= 0.3 is 0 Å². The quantitative estimate of drug-likeness (QED) is 0.732. The number of rotatable bonds is 5. The van der Waals surface area contributed by atoms with Crippen LogP contribution in [-0.2, 0) is 6.42 Å². The minimum absolute atomic E-state index is 0.449. The molecule has 2 nitrogen and oxygen atoms in total. The van der Waals surface area contributed by atoms with Crippen molar-refractivity contribution in [2.24, 2.45) is 11.3 Å². The summed E-state index contributed by atoms with van der Waals surface area (Å²) in [7, 11) is 0. The standard InChI is InChI=1S/C13H24N2/c1-11(13(2,3)4)7-5-6-8-12-14-9-10-15-12/h9-11H,5-8H2,1-4H3,(H,14,15). The zero-order valence-corrected chi connectivity index (χ0v) is 10.5. The average Bonchev–Trinajstić information content (AvgIpc) is 2.63. The minimum Gasteiger partial charge on any atom is -0.349 e. The van der Waals surface area contributed by atoms with E-state index < -0.39 is 0 Å². The van der Waals surface area contributed by atoms with E-state index in [0.717, 1.165) is 18.2 Å². The first kappa shape index (κ1) is 12.3. The van der Waals surface area contributed by atoms with E-state index in [2.05, 4.69) is 37.7 Å². The van der Waals surface area contributed by atoms with Gasteiger partial charge in [-0.1, -0.05) is 40.5 Å². The lowest BCUT2D eigenvalue weighted by atomic mass is 9.79. The highest BCUT2D eigenvalue weighted by Gasteiger charge is 2.18. The van der Waals surface area contributed by atoms with Crippen molar-refractivity contribution in [3.05, 3.63) is 18.2 Å². The fourth-order valence-electron chi connectivity index (χ4n) is 1.61. The third-order valence-corrected chi connectivity index (χ3v) is 3.33. The van der Waals surface area contributed by atoms with E-state index in [0.29, 0.717) is 5.41 Å². The summed E-state index contributed by atoms with van der Waals surface area (Å²) in [6.07, 6.45) is 8.68. The summed E-state index contributed by atoms with van der Waals surface area (Å²) in [6, 6.07) is 0. The van der Waals surface area contributed by atoms with Crippen molar-refractivity contribution >= 4 is 0 Å². The minimum atomic E-state index is 0.449. The Hall–Kier alpha value is -0.790. The highest BCUT2D eigenvalue weighted by atomic mass is 14.9. The third-order valence-electron chi connectivity index (χ3n) is 3.33. The van der Waals surface area contributed by atoms with Crippen LogP contribution in [0.4, 0.5) is 0 Å². The molecule has 0 saturated carbocycles. The van der Waals surface area contributed by atoms with Gasteiger partial charge < -0.3 is 4.98 Å². The van der Waals surface area contributed by atoms with E-state index in [4.69, 9.17) is 0 Å². The maximum absolute atomic E-state index is 4.23. The van der Waals surface area contributed by atoms with Gasteiger partial charge in [0, 0.05) is 18.8 Å².